The largest absolute Gasteiger partial charge is 0.370 e. The fraction of sp³-hybridized carbons (Fsp3) is 0.300. The number of nitrogens with zero attached hydrogens (tertiary/aromatic N) is 1. The average Bonchev–Trinajstić information content (AvgIpc) is 2.67. The molecule has 0 aliphatic rings. The zero-order valence-electron chi connectivity index (χ0n) is 8.48. The summed E-state index contributed by atoms with van der Waals surface area (Å²) in [6.07, 6.45) is 2.70. The Hall–Kier alpha value is -0.560. The summed E-state index contributed by atoms with van der Waals surface area (Å²) >= 11 is 1.75. The topological polar surface area (TPSA) is 50.4 Å². The van der Waals surface area contributed by atoms with Gasteiger partial charge in [-0.3, -0.25) is 4.99 Å². The van der Waals surface area contributed by atoms with E-state index in [1.165, 1.54) is 4.88 Å². The van der Waals surface area contributed by atoms with E-state index < -0.39 is 0 Å². The van der Waals surface area contributed by atoms with Crippen LogP contribution in [0.3, 0.4) is 0 Å². The van der Waals surface area contributed by atoms with Crippen molar-refractivity contribution in [3.05, 3.63) is 35.0 Å². The molecule has 84 valence electrons. The van der Waals surface area contributed by atoms with Crippen LogP contribution >= 0.6 is 35.3 Å². The van der Waals surface area contributed by atoms with Gasteiger partial charge in [0.25, 0.3) is 0 Å². The van der Waals surface area contributed by atoms with Gasteiger partial charge in [0.05, 0.1) is 0 Å². The number of thiophene rings is 1. The molecule has 3 N–H and O–H groups in total. The van der Waals surface area contributed by atoms with E-state index in [0.717, 1.165) is 13.0 Å². The standard InChI is InChI=1S/C10H15N3S.HI/c1-2-6-12-10(11)13-7-5-9-4-3-8-14-9;/h2-4,8H,1,5-7H2,(H3,11,12,13);1H. The summed E-state index contributed by atoms with van der Waals surface area (Å²) in [6, 6.07) is 4.15. The monoisotopic (exact) mass is 337 g/mol. The number of halogens is 1. The Kier molecular flexibility index (Phi) is 8.40. The zero-order valence-corrected chi connectivity index (χ0v) is 11.6. The molecule has 0 fully saturated rings. The van der Waals surface area contributed by atoms with Crippen molar-refractivity contribution in [1.82, 2.24) is 5.32 Å². The normalized spacial score (nSPS) is 10.5. The molecule has 1 heterocycles. The number of aliphatic imine (C=N–C) groups is 1. The molecule has 1 aromatic heterocycles. The smallest absolute Gasteiger partial charge is 0.188 e. The molecular weight excluding hydrogens is 321 g/mol. The first-order chi connectivity index (χ1) is 6.83. The van der Waals surface area contributed by atoms with Gasteiger partial charge in [0.1, 0.15) is 0 Å². The maximum absolute atomic E-state index is 5.59. The lowest BCUT2D eigenvalue weighted by Crippen LogP contribution is -2.31. The molecule has 0 amide bonds. The van der Waals surface area contributed by atoms with Crippen LogP contribution in [0.1, 0.15) is 4.88 Å². The van der Waals surface area contributed by atoms with Crippen molar-refractivity contribution in [2.24, 2.45) is 10.7 Å². The van der Waals surface area contributed by atoms with Gasteiger partial charge in [0, 0.05) is 24.4 Å². The summed E-state index contributed by atoms with van der Waals surface area (Å²) in [7, 11) is 0. The van der Waals surface area contributed by atoms with Crippen LogP contribution in [0.25, 0.3) is 0 Å². The fourth-order valence-corrected chi connectivity index (χ4v) is 1.67. The van der Waals surface area contributed by atoms with Gasteiger partial charge >= 0.3 is 0 Å². The predicted molar refractivity (Wildman–Crippen MR) is 78.1 cm³/mol. The maximum atomic E-state index is 5.59. The van der Waals surface area contributed by atoms with Crippen LogP contribution in [-0.4, -0.2) is 19.0 Å². The van der Waals surface area contributed by atoms with E-state index in [1.807, 2.05) is 6.07 Å². The number of nitrogens with one attached hydrogen (secondary N) is 1. The molecule has 0 saturated carbocycles. The highest BCUT2D eigenvalue weighted by molar-refractivity contribution is 14.0. The molecule has 0 unspecified atom stereocenters. The van der Waals surface area contributed by atoms with E-state index >= 15 is 0 Å². The number of rotatable bonds is 5. The second-order valence-electron chi connectivity index (χ2n) is 2.77. The van der Waals surface area contributed by atoms with Crippen LogP contribution in [0.2, 0.25) is 0 Å². The van der Waals surface area contributed by atoms with E-state index in [9.17, 15) is 0 Å². The molecule has 0 saturated heterocycles. The Bertz CT molecular complexity index is 296. The minimum Gasteiger partial charge on any atom is -0.370 e. The van der Waals surface area contributed by atoms with Crippen molar-refractivity contribution in [1.29, 1.82) is 0 Å². The highest BCUT2D eigenvalue weighted by Crippen LogP contribution is 2.08. The molecule has 0 atom stereocenters. The first kappa shape index (κ1) is 14.4. The van der Waals surface area contributed by atoms with Gasteiger partial charge in [-0.15, -0.1) is 41.9 Å². The average molecular weight is 337 g/mol. The second-order valence-corrected chi connectivity index (χ2v) is 3.80. The Morgan fingerprint density at radius 3 is 3.07 bits per heavy atom. The molecule has 1 rings (SSSR count). The SMILES string of the molecule is C=CCNC(N)=NCCc1cccs1.I. The van der Waals surface area contributed by atoms with Crippen molar-refractivity contribution >= 4 is 41.3 Å². The number of guanidine groups is 1. The second kappa shape index (κ2) is 8.72. The fourth-order valence-electron chi connectivity index (χ4n) is 0.974. The van der Waals surface area contributed by atoms with Gasteiger partial charge in [-0.05, 0) is 11.4 Å². The third-order valence-corrected chi connectivity index (χ3v) is 2.58. The van der Waals surface area contributed by atoms with E-state index in [0.29, 0.717) is 12.5 Å². The van der Waals surface area contributed by atoms with E-state index in [1.54, 1.807) is 17.4 Å². The first-order valence-electron chi connectivity index (χ1n) is 4.50. The van der Waals surface area contributed by atoms with Crippen LogP contribution in [0.5, 0.6) is 0 Å². The van der Waals surface area contributed by atoms with Gasteiger partial charge < -0.3 is 11.1 Å². The highest BCUT2D eigenvalue weighted by Gasteiger charge is 1.92. The molecule has 1 aromatic rings. The van der Waals surface area contributed by atoms with Crippen LogP contribution in [0, 0.1) is 0 Å². The minimum atomic E-state index is 0. The van der Waals surface area contributed by atoms with Gasteiger partial charge in [-0.2, -0.15) is 0 Å². The third-order valence-electron chi connectivity index (χ3n) is 1.65. The van der Waals surface area contributed by atoms with Gasteiger partial charge in [-0.25, -0.2) is 0 Å². The van der Waals surface area contributed by atoms with Crippen molar-refractivity contribution in [2.45, 2.75) is 6.42 Å². The van der Waals surface area contributed by atoms with Crippen molar-refractivity contribution in [2.75, 3.05) is 13.1 Å². The third kappa shape index (κ3) is 6.51. The van der Waals surface area contributed by atoms with Crippen molar-refractivity contribution < 1.29 is 0 Å². The molecule has 0 aliphatic carbocycles. The van der Waals surface area contributed by atoms with Crippen LogP contribution in [-0.2, 0) is 6.42 Å². The quantitative estimate of drug-likeness (QED) is 0.374. The Morgan fingerprint density at radius 1 is 1.67 bits per heavy atom. The Labute approximate surface area is 112 Å². The summed E-state index contributed by atoms with van der Waals surface area (Å²) in [4.78, 5) is 5.52. The molecule has 5 heteroatoms. The molecule has 0 radical (unpaired) electrons. The molecule has 15 heavy (non-hydrogen) atoms. The molecular formula is C10H16IN3S. The number of hydrogen-bond donors (Lipinski definition) is 2. The molecule has 0 aromatic carbocycles. The Morgan fingerprint density at radius 2 is 2.47 bits per heavy atom. The lowest BCUT2D eigenvalue weighted by atomic mass is 10.3. The molecule has 3 nitrogen and oxygen atoms in total. The summed E-state index contributed by atoms with van der Waals surface area (Å²) in [6.45, 7) is 4.98. The molecule has 0 bridgehead atoms. The van der Waals surface area contributed by atoms with Crippen molar-refractivity contribution in [3.8, 4) is 0 Å². The minimum absolute atomic E-state index is 0. The first-order valence-corrected chi connectivity index (χ1v) is 5.38. The van der Waals surface area contributed by atoms with Gasteiger partial charge in [0.2, 0.25) is 0 Å². The van der Waals surface area contributed by atoms with Gasteiger partial charge in [0.15, 0.2) is 5.96 Å². The summed E-state index contributed by atoms with van der Waals surface area (Å²) in [5, 5.41) is 4.99. The number of nitrogens with two attached hydrogens (primary N) is 1. The summed E-state index contributed by atoms with van der Waals surface area (Å²) in [5.41, 5.74) is 5.59. The summed E-state index contributed by atoms with van der Waals surface area (Å²) in [5.74, 6) is 0.487. The van der Waals surface area contributed by atoms with Crippen LogP contribution in [0.4, 0.5) is 0 Å². The lowest BCUT2D eigenvalue weighted by Gasteiger charge is -2.00. The predicted octanol–water partition coefficient (Wildman–Crippen LogP) is 2.00. The lowest BCUT2D eigenvalue weighted by molar-refractivity contribution is 0.940. The Balaban J connectivity index is 0.00000196. The van der Waals surface area contributed by atoms with E-state index in [-0.39, 0.29) is 24.0 Å². The van der Waals surface area contributed by atoms with Gasteiger partial charge in [-0.1, -0.05) is 12.1 Å². The maximum Gasteiger partial charge on any atom is 0.188 e. The molecule has 0 aliphatic heterocycles. The zero-order chi connectivity index (χ0) is 10.2. The molecule has 0 spiro atoms. The highest BCUT2D eigenvalue weighted by atomic mass is 127. The van der Waals surface area contributed by atoms with E-state index in [4.69, 9.17) is 5.73 Å². The van der Waals surface area contributed by atoms with Crippen molar-refractivity contribution in [3.63, 3.8) is 0 Å². The summed E-state index contributed by atoms with van der Waals surface area (Å²) < 4.78 is 0. The van der Waals surface area contributed by atoms with Crippen LogP contribution < -0.4 is 11.1 Å². The number of hydrogen-bond acceptors (Lipinski definition) is 2. The van der Waals surface area contributed by atoms with E-state index in [2.05, 4.69) is 28.3 Å². The van der Waals surface area contributed by atoms with Crippen LogP contribution in [0.15, 0.2) is 35.2 Å².